The zero-order chi connectivity index (χ0) is 7.66. The van der Waals surface area contributed by atoms with E-state index in [1.54, 1.807) is 0 Å². The van der Waals surface area contributed by atoms with E-state index in [0.717, 1.165) is 17.1 Å². The van der Waals surface area contributed by atoms with E-state index >= 15 is 0 Å². The number of hydrogen-bond donors (Lipinski definition) is 0. The topological polar surface area (TPSA) is 36.9 Å². The van der Waals surface area contributed by atoms with Crippen LogP contribution in [0.2, 0.25) is 0 Å². The van der Waals surface area contributed by atoms with E-state index in [1.165, 1.54) is 0 Å². The summed E-state index contributed by atoms with van der Waals surface area (Å²) in [4.78, 5) is 0. The molecule has 0 aliphatic carbocycles. The van der Waals surface area contributed by atoms with Crippen LogP contribution in [-0.2, 0) is 16.8 Å². The standard InChI is InChI=1S/C2H14O4Si4/c1-2-3-8-5-10-6-9-4-7/h2,8-10H2,1,7H3. The summed E-state index contributed by atoms with van der Waals surface area (Å²) in [5.74, 6) is 0. The summed E-state index contributed by atoms with van der Waals surface area (Å²) in [6.45, 7) is 2.73. The van der Waals surface area contributed by atoms with Crippen LogP contribution in [-0.4, -0.2) is 47.1 Å². The molecule has 0 radical (unpaired) electrons. The summed E-state index contributed by atoms with van der Waals surface area (Å²) in [5.41, 5.74) is 0. The monoisotopic (exact) mass is 214 g/mol. The SMILES string of the molecule is CCO[SiH2]O[SiH2]O[SiH2]O[SiH3]. The maximum atomic E-state index is 5.18. The Balaban J connectivity index is 2.65. The molecule has 8 heteroatoms. The van der Waals surface area contributed by atoms with Gasteiger partial charge in [0.2, 0.25) is 0 Å². The van der Waals surface area contributed by atoms with Gasteiger partial charge in [0.05, 0.1) is 0 Å². The first-order chi connectivity index (χ1) is 4.91. The average Bonchev–Trinajstić information content (AvgIpc) is 1.97. The molecule has 0 N–H and O–H groups in total. The van der Waals surface area contributed by atoms with E-state index in [4.69, 9.17) is 16.8 Å². The molecular formula is C2H14O4Si4. The van der Waals surface area contributed by atoms with Crippen LogP contribution < -0.4 is 0 Å². The Morgan fingerprint density at radius 3 is 2.50 bits per heavy atom. The molecule has 62 valence electrons. The fourth-order valence-corrected chi connectivity index (χ4v) is 5.23. The van der Waals surface area contributed by atoms with Crippen molar-refractivity contribution in [1.82, 2.24) is 0 Å². The van der Waals surface area contributed by atoms with Crippen LogP contribution in [0.5, 0.6) is 0 Å². The first-order valence-corrected chi connectivity index (χ1v) is 7.42. The summed E-state index contributed by atoms with van der Waals surface area (Å²) in [6.07, 6.45) is 0. The Hall–Kier alpha value is 0.708. The molecule has 0 unspecified atom stereocenters. The van der Waals surface area contributed by atoms with Gasteiger partial charge in [-0.05, 0) is 6.92 Å². The van der Waals surface area contributed by atoms with E-state index in [0.29, 0.717) is 0 Å². The van der Waals surface area contributed by atoms with Crippen molar-refractivity contribution in [2.75, 3.05) is 6.61 Å². The van der Waals surface area contributed by atoms with Crippen LogP contribution in [0.15, 0.2) is 0 Å². The highest BCUT2D eigenvalue weighted by Gasteiger charge is 1.88. The van der Waals surface area contributed by atoms with Gasteiger partial charge in [0.25, 0.3) is 30.0 Å². The van der Waals surface area contributed by atoms with E-state index in [1.807, 2.05) is 6.92 Å². The van der Waals surface area contributed by atoms with E-state index in [-0.39, 0.29) is 0 Å². The van der Waals surface area contributed by atoms with Crippen molar-refractivity contribution in [2.45, 2.75) is 6.92 Å². The second-order valence-electron chi connectivity index (χ2n) is 1.54. The minimum atomic E-state index is -0.724. The molecule has 0 bridgehead atoms. The Bertz CT molecular complexity index is 55.2. The van der Waals surface area contributed by atoms with Gasteiger partial charge >= 0.3 is 0 Å². The van der Waals surface area contributed by atoms with Gasteiger partial charge in [0.1, 0.15) is 10.5 Å². The molecule has 0 spiro atoms. The largest absolute Gasteiger partial charge is 0.449 e. The fourth-order valence-electron chi connectivity index (χ4n) is 0.353. The quantitative estimate of drug-likeness (QED) is 0.324. The van der Waals surface area contributed by atoms with Crippen molar-refractivity contribution < 1.29 is 16.8 Å². The highest BCUT2D eigenvalue weighted by molar-refractivity contribution is 6.42. The highest BCUT2D eigenvalue weighted by Crippen LogP contribution is 1.72. The highest BCUT2D eigenvalue weighted by atomic mass is 28.4. The maximum absolute atomic E-state index is 5.18. The molecule has 0 heterocycles. The van der Waals surface area contributed by atoms with Crippen molar-refractivity contribution in [1.29, 1.82) is 0 Å². The summed E-state index contributed by atoms with van der Waals surface area (Å²) in [6, 6.07) is 0. The van der Waals surface area contributed by atoms with Gasteiger partial charge < -0.3 is 16.8 Å². The molecule has 0 saturated carbocycles. The maximum Gasteiger partial charge on any atom is 0.295 e. The number of rotatable bonds is 7. The predicted molar refractivity (Wildman–Crippen MR) is 50.5 cm³/mol. The van der Waals surface area contributed by atoms with Gasteiger partial charge in [-0.2, -0.15) is 0 Å². The molecule has 0 saturated heterocycles. The second kappa shape index (κ2) is 9.71. The van der Waals surface area contributed by atoms with E-state index in [2.05, 4.69) is 0 Å². The fraction of sp³-hybridized carbons (Fsp3) is 1.00. The van der Waals surface area contributed by atoms with Crippen LogP contribution in [0.3, 0.4) is 0 Å². The van der Waals surface area contributed by atoms with Gasteiger partial charge in [0.15, 0.2) is 0 Å². The van der Waals surface area contributed by atoms with E-state index in [9.17, 15) is 0 Å². The summed E-state index contributed by atoms with van der Waals surface area (Å²) >= 11 is 0. The third-order valence-electron chi connectivity index (χ3n) is 0.739. The molecule has 0 rings (SSSR count). The Kier molecular flexibility index (Phi) is 10.4. The lowest BCUT2D eigenvalue weighted by molar-refractivity contribution is 0.299. The molecule has 0 atom stereocenters. The molecule has 0 aromatic rings. The zero-order valence-corrected chi connectivity index (χ0v) is 12.7. The zero-order valence-electron chi connectivity index (χ0n) is 6.46. The smallest absolute Gasteiger partial charge is 0.295 e. The van der Waals surface area contributed by atoms with Crippen molar-refractivity contribution in [3.05, 3.63) is 0 Å². The van der Waals surface area contributed by atoms with Crippen molar-refractivity contribution in [2.24, 2.45) is 0 Å². The van der Waals surface area contributed by atoms with Gasteiger partial charge in [-0.1, -0.05) is 0 Å². The van der Waals surface area contributed by atoms with Crippen molar-refractivity contribution >= 4 is 40.5 Å². The van der Waals surface area contributed by atoms with Crippen molar-refractivity contribution in [3.8, 4) is 0 Å². The number of hydrogen-bond acceptors (Lipinski definition) is 4. The van der Waals surface area contributed by atoms with Crippen LogP contribution in [0.1, 0.15) is 6.92 Å². The third kappa shape index (κ3) is 8.71. The lowest BCUT2D eigenvalue weighted by atomic mass is 10.9. The molecule has 0 aliphatic rings. The van der Waals surface area contributed by atoms with Crippen LogP contribution in [0.4, 0.5) is 0 Å². The van der Waals surface area contributed by atoms with E-state index < -0.39 is 30.0 Å². The van der Waals surface area contributed by atoms with Gasteiger partial charge in [0, 0.05) is 6.61 Å². The molecule has 0 aromatic carbocycles. The Labute approximate surface area is 71.3 Å². The first kappa shape index (κ1) is 10.7. The average molecular weight is 214 g/mol. The second-order valence-corrected chi connectivity index (χ2v) is 8.23. The molecule has 4 nitrogen and oxygen atoms in total. The van der Waals surface area contributed by atoms with Crippen LogP contribution in [0, 0.1) is 0 Å². The molecule has 0 aliphatic heterocycles. The lowest BCUT2D eigenvalue weighted by Gasteiger charge is -2.03. The summed E-state index contributed by atoms with van der Waals surface area (Å²) in [7, 11) is -1.28. The van der Waals surface area contributed by atoms with Gasteiger partial charge in [-0.15, -0.1) is 0 Å². The molecule has 0 aromatic heterocycles. The minimum Gasteiger partial charge on any atom is -0.449 e. The Morgan fingerprint density at radius 1 is 1.20 bits per heavy atom. The first-order valence-electron chi connectivity index (χ1n) is 3.14. The van der Waals surface area contributed by atoms with Crippen molar-refractivity contribution in [3.63, 3.8) is 0 Å². The molecule has 0 amide bonds. The van der Waals surface area contributed by atoms with Gasteiger partial charge in [-0.25, -0.2) is 0 Å². The minimum absolute atomic E-state index is 0.647. The third-order valence-corrected chi connectivity index (χ3v) is 4.92. The Morgan fingerprint density at radius 2 is 1.90 bits per heavy atom. The van der Waals surface area contributed by atoms with Crippen LogP contribution in [0.25, 0.3) is 0 Å². The normalized spacial score (nSPS) is 14.1. The summed E-state index contributed by atoms with van der Waals surface area (Å²) in [5, 5.41) is 0. The van der Waals surface area contributed by atoms with Gasteiger partial charge in [-0.3, -0.25) is 0 Å². The molecule has 10 heavy (non-hydrogen) atoms. The molecular weight excluding hydrogens is 200 g/mol. The summed E-state index contributed by atoms with van der Waals surface area (Å²) < 4.78 is 20.3. The predicted octanol–water partition coefficient (Wildman–Crippen LogP) is -3.65. The lowest BCUT2D eigenvalue weighted by Crippen LogP contribution is -2.14. The van der Waals surface area contributed by atoms with Crippen LogP contribution >= 0.6 is 0 Å². The molecule has 0 fully saturated rings.